The van der Waals surface area contributed by atoms with Crippen molar-refractivity contribution in [1.29, 1.82) is 5.26 Å². The molecule has 10 heteroatoms. The van der Waals surface area contributed by atoms with Crippen LogP contribution in [-0.2, 0) is 9.59 Å². The van der Waals surface area contributed by atoms with Crippen molar-refractivity contribution >= 4 is 35.0 Å². The van der Waals surface area contributed by atoms with Gasteiger partial charge in [-0.15, -0.1) is 0 Å². The zero-order chi connectivity index (χ0) is 27.1. The number of furan rings is 1. The molecule has 1 atom stereocenters. The highest BCUT2D eigenvalue weighted by atomic mass is 32.2. The molecule has 3 N–H and O–H groups in total. The minimum Gasteiger partial charge on any atom is -0.497 e. The van der Waals surface area contributed by atoms with Crippen molar-refractivity contribution in [3.05, 3.63) is 94.6 Å². The predicted octanol–water partition coefficient (Wildman–Crippen LogP) is 5.00. The van der Waals surface area contributed by atoms with Gasteiger partial charge in [-0.25, -0.2) is 0 Å². The second-order valence-corrected chi connectivity index (χ2v) is 9.18. The van der Waals surface area contributed by atoms with E-state index in [0.29, 0.717) is 44.9 Å². The lowest BCUT2D eigenvalue weighted by atomic mass is 9.85. The third-order valence-electron chi connectivity index (χ3n) is 5.78. The van der Waals surface area contributed by atoms with E-state index in [1.165, 1.54) is 25.1 Å². The lowest BCUT2D eigenvalue weighted by Gasteiger charge is -2.28. The first-order valence-electron chi connectivity index (χ1n) is 11.6. The number of nitrogens with one attached hydrogen (secondary N) is 3. The number of methoxy groups -OCH3 is 2. The van der Waals surface area contributed by atoms with Gasteiger partial charge in [0, 0.05) is 17.5 Å². The second kappa shape index (κ2) is 12.1. The Morgan fingerprint density at radius 1 is 1.08 bits per heavy atom. The van der Waals surface area contributed by atoms with Crippen LogP contribution in [0.4, 0.5) is 11.4 Å². The quantitative estimate of drug-likeness (QED) is 0.353. The Labute approximate surface area is 224 Å². The van der Waals surface area contributed by atoms with Crippen LogP contribution < -0.4 is 25.4 Å². The van der Waals surface area contributed by atoms with Crippen LogP contribution in [0.1, 0.15) is 18.6 Å². The number of nitriles is 1. The summed E-state index contributed by atoms with van der Waals surface area (Å²) in [5.41, 5.74) is 2.23. The van der Waals surface area contributed by atoms with E-state index >= 15 is 0 Å². The van der Waals surface area contributed by atoms with Gasteiger partial charge in [-0.3, -0.25) is 9.59 Å². The van der Waals surface area contributed by atoms with Crippen LogP contribution in [0, 0.1) is 11.3 Å². The number of nitrogens with zero attached hydrogens (tertiary/aromatic N) is 1. The topological polar surface area (TPSA) is 126 Å². The standard InChI is InChI=1S/C28H26N4O5S/c1-17-25(27(34)32-21-10-4-5-11-22(21)36-3)26(23-12-7-13-37-23)20(15-29)28(30-17)38-16-24(33)31-18-8-6-9-19(14-18)35-2/h4-14,26,30H,16H2,1-3H3,(H,31,33)(H,32,34). The predicted molar refractivity (Wildman–Crippen MR) is 146 cm³/mol. The number of dihydropyridines is 1. The van der Waals surface area contributed by atoms with Crippen molar-refractivity contribution in [2.45, 2.75) is 12.8 Å². The molecule has 0 bridgehead atoms. The minimum absolute atomic E-state index is 0.0334. The van der Waals surface area contributed by atoms with Crippen molar-refractivity contribution in [3.8, 4) is 17.6 Å². The summed E-state index contributed by atoms with van der Waals surface area (Å²) < 4.78 is 16.2. The molecule has 4 rings (SSSR count). The number of para-hydroxylation sites is 2. The average molecular weight is 531 g/mol. The Balaban J connectivity index is 1.58. The highest BCUT2D eigenvalue weighted by Gasteiger charge is 2.36. The average Bonchev–Trinajstić information content (AvgIpc) is 3.46. The molecule has 194 valence electrons. The number of rotatable bonds is 9. The maximum atomic E-state index is 13.5. The largest absolute Gasteiger partial charge is 0.497 e. The van der Waals surface area contributed by atoms with Crippen molar-refractivity contribution in [2.24, 2.45) is 0 Å². The summed E-state index contributed by atoms with van der Waals surface area (Å²) in [6, 6.07) is 19.7. The maximum absolute atomic E-state index is 13.5. The van der Waals surface area contributed by atoms with E-state index in [1.54, 1.807) is 74.7 Å². The van der Waals surface area contributed by atoms with Crippen LogP contribution in [0.2, 0.25) is 0 Å². The monoisotopic (exact) mass is 530 g/mol. The molecule has 1 aliphatic heterocycles. The maximum Gasteiger partial charge on any atom is 0.254 e. The van der Waals surface area contributed by atoms with Crippen molar-refractivity contribution in [3.63, 3.8) is 0 Å². The van der Waals surface area contributed by atoms with Gasteiger partial charge >= 0.3 is 0 Å². The van der Waals surface area contributed by atoms with Crippen molar-refractivity contribution < 1.29 is 23.5 Å². The Morgan fingerprint density at radius 2 is 1.89 bits per heavy atom. The number of thioether (sulfide) groups is 1. The van der Waals surface area contributed by atoms with Gasteiger partial charge in [-0.05, 0) is 43.3 Å². The minimum atomic E-state index is -0.769. The van der Waals surface area contributed by atoms with Gasteiger partial charge in [0.05, 0.1) is 60.1 Å². The van der Waals surface area contributed by atoms with Crippen LogP contribution in [0.5, 0.6) is 11.5 Å². The van der Waals surface area contributed by atoms with Crippen LogP contribution >= 0.6 is 11.8 Å². The van der Waals surface area contributed by atoms with Gasteiger partial charge in [-0.2, -0.15) is 5.26 Å². The molecule has 1 unspecified atom stereocenters. The fourth-order valence-corrected chi connectivity index (χ4v) is 4.93. The molecule has 3 aromatic rings. The molecule has 0 spiro atoms. The number of carbonyl (C=O) groups is 2. The normalized spacial score (nSPS) is 14.8. The van der Waals surface area contributed by atoms with E-state index in [-0.39, 0.29) is 17.2 Å². The third-order valence-corrected chi connectivity index (χ3v) is 6.79. The molecule has 1 aliphatic rings. The zero-order valence-corrected chi connectivity index (χ0v) is 21.8. The summed E-state index contributed by atoms with van der Waals surface area (Å²) in [5.74, 6) is 0.165. The van der Waals surface area contributed by atoms with Crippen LogP contribution in [0.25, 0.3) is 0 Å². The zero-order valence-electron chi connectivity index (χ0n) is 21.0. The lowest BCUT2D eigenvalue weighted by Crippen LogP contribution is -2.31. The first-order valence-corrected chi connectivity index (χ1v) is 12.6. The molecule has 0 saturated carbocycles. The third kappa shape index (κ3) is 5.85. The number of hydrogen-bond donors (Lipinski definition) is 3. The smallest absolute Gasteiger partial charge is 0.254 e. The van der Waals surface area contributed by atoms with Crippen LogP contribution in [-0.4, -0.2) is 31.8 Å². The summed E-state index contributed by atoms with van der Waals surface area (Å²) in [4.78, 5) is 26.2. The molecular weight excluding hydrogens is 504 g/mol. The molecule has 2 aromatic carbocycles. The number of anilines is 2. The van der Waals surface area contributed by atoms with Crippen molar-refractivity contribution in [2.75, 3.05) is 30.6 Å². The second-order valence-electron chi connectivity index (χ2n) is 8.19. The Morgan fingerprint density at radius 3 is 2.61 bits per heavy atom. The number of ether oxygens (including phenoxy) is 2. The number of carbonyl (C=O) groups excluding carboxylic acids is 2. The summed E-state index contributed by atoms with van der Waals surface area (Å²) in [7, 11) is 3.07. The Kier molecular flexibility index (Phi) is 8.40. The van der Waals surface area contributed by atoms with Crippen molar-refractivity contribution in [1.82, 2.24) is 5.32 Å². The van der Waals surface area contributed by atoms with Gasteiger partial charge in [0.25, 0.3) is 5.91 Å². The number of allylic oxidation sites excluding steroid dienone is 2. The highest BCUT2D eigenvalue weighted by molar-refractivity contribution is 8.03. The van der Waals surface area contributed by atoms with E-state index in [0.717, 1.165) is 0 Å². The summed E-state index contributed by atoms with van der Waals surface area (Å²) in [6.45, 7) is 1.75. The molecule has 2 amide bonds. The molecule has 0 aliphatic carbocycles. The molecule has 0 fully saturated rings. The van der Waals surface area contributed by atoms with E-state index in [2.05, 4.69) is 22.0 Å². The number of benzene rings is 2. The number of amides is 2. The van der Waals surface area contributed by atoms with Gasteiger partial charge in [-0.1, -0.05) is 30.0 Å². The first kappa shape index (κ1) is 26.4. The van der Waals surface area contributed by atoms with E-state index in [9.17, 15) is 14.9 Å². The van der Waals surface area contributed by atoms with E-state index in [4.69, 9.17) is 13.9 Å². The molecule has 9 nitrogen and oxygen atoms in total. The summed E-state index contributed by atoms with van der Waals surface area (Å²) in [5, 5.41) is 19.5. The van der Waals surface area contributed by atoms with Crippen LogP contribution in [0.3, 0.4) is 0 Å². The molecule has 0 saturated heterocycles. The fraction of sp³-hybridized carbons (Fsp3) is 0.179. The van der Waals surface area contributed by atoms with Gasteiger partial charge in [0.2, 0.25) is 5.91 Å². The molecule has 0 radical (unpaired) electrons. The lowest BCUT2D eigenvalue weighted by molar-refractivity contribution is -0.114. The Hall–Kier alpha value is -4.62. The molecule has 2 heterocycles. The molecule has 38 heavy (non-hydrogen) atoms. The van der Waals surface area contributed by atoms with Gasteiger partial charge in [0.1, 0.15) is 17.3 Å². The molecule has 1 aromatic heterocycles. The van der Waals surface area contributed by atoms with Gasteiger partial charge < -0.3 is 29.8 Å². The van der Waals surface area contributed by atoms with E-state index in [1.807, 2.05) is 0 Å². The summed E-state index contributed by atoms with van der Waals surface area (Å²) >= 11 is 1.17. The fourth-order valence-electron chi connectivity index (χ4n) is 4.04. The van der Waals surface area contributed by atoms with Gasteiger partial charge in [0.15, 0.2) is 0 Å². The highest BCUT2D eigenvalue weighted by Crippen LogP contribution is 2.41. The summed E-state index contributed by atoms with van der Waals surface area (Å²) in [6.07, 6.45) is 1.49. The van der Waals surface area contributed by atoms with Crippen LogP contribution in [0.15, 0.2) is 93.2 Å². The SMILES string of the molecule is COc1cccc(NC(=O)CSC2=C(C#N)C(c3ccco3)C(C(=O)Nc3ccccc3OC)=C(C)N2)c1. The Bertz CT molecular complexity index is 1440. The number of hydrogen-bond acceptors (Lipinski definition) is 8. The molecular formula is C28H26N4O5S. The van der Waals surface area contributed by atoms with E-state index < -0.39 is 11.8 Å². The first-order chi connectivity index (χ1) is 18.4.